The highest BCUT2D eigenvalue weighted by Crippen LogP contribution is 2.25. The molecule has 0 unspecified atom stereocenters. The van der Waals surface area contributed by atoms with Crippen LogP contribution in [0.1, 0.15) is 26.7 Å². The van der Waals surface area contributed by atoms with E-state index in [0.717, 1.165) is 19.4 Å². The molecule has 0 atom stereocenters. The van der Waals surface area contributed by atoms with Gasteiger partial charge in [-0.25, -0.2) is 0 Å². The molecule has 0 spiro atoms. The molecular formula is C12H20N2O2S. The smallest absolute Gasteiger partial charge is 0.248 e. The van der Waals surface area contributed by atoms with Crippen LogP contribution < -0.4 is 5.32 Å². The Bertz CT molecular complexity index is 324. The van der Waals surface area contributed by atoms with Gasteiger partial charge >= 0.3 is 0 Å². The number of rotatable bonds is 2. The minimum Gasteiger partial charge on any atom is -0.341 e. The summed E-state index contributed by atoms with van der Waals surface area (Å²) in [6.45, 7) is 4.52. The number of thioether (sulfide) groups is 1. The van der Waals surface area contributed by atoms with E-state index in [1.165, 1.54) is 11.5 Å². The fourth-order valence-corrected chi connectivity index (χ4v) is 3.67. The summed E-state index contributed by atoms with van der Waals surface area (Å²) in [6.07, 6.45) is 2.33. The van der Waals surface area contributed by atoms with Gasteiger partial charge in [0.05, 0.1) is 6.54 Å². The maximum Gasteiger partial charge on any atom is 0.248 e. The molecule has 0 radical (unpaired) electrons. The first-order valence-electron chi connectivity index (χ1n) is 6.17. The predicted molar refractivity (Wildman–Crippen MR) is 68.9 cm³/mol. The molecule has 1 N–H and O–H groups in total. The lowest BCUT2D eigenvalue weighted by atomic mass is 9.97. The summed E-state index contributed by atoms with van der Waals surface area (Å²) in [5.41, 5.74) is -0.737. The number of piperazine rings is 1. The van der Waals surface area contributed by atoms with Gasteiger partial charge in [0.2, 0.25) is 11.8 Å². The Labute approximate surface area is 106 Å². The molecular weight excluding hydrogens is 236 g/mol. The largest absolute Gasteiger partial charge is 0.341 e. The third-order valence-electron chi connectivity index (χ3n) is 3.43. The van der Waals surface area contributed by atoms with Gasteiger partial charge in [-0.05, 0) is 44.1 Å². The van der Waals surface area contributed by atoms with Gasteiger partial charge in [0.25, 0.3) is 0 Å². The van der Waals surface area contributed by atoms with Crippen molar-refractivity contribution in [2.45, 2.75) is 32.2 Å². The van der Waals surface area contributed by atoms with E-state index in [2.05, 4.69) is 5.32 Å². The SMILES string of the molecule is CC1(C)NC(=O)CN(CC2CCSCC2)C1=O. The molecule has 2 aliphatic heterocycles. The first-order chi connectivity index (χ1) is 7.99. The third kappa shape index (κ3) is 2.94. The summed E-state index contributed by atoms with van der Waals surface area (Å²) in [4.78, 5) is 25.5. The van der Waals surface area contributed by atoms with Crippen LogP contribution in [-0.4, -0.2) is 46.8 Å². The molecule has 2 heterocycles. The molecule has 0 aromatic heterocycles. The van der Waals surface area contributed by atoms with Crippen molar-refractivity contribution in [2.24, 2.45) is 5.92 Å². The summed E-state index contributed by atoms with van der Waals surface area (Å²) in [5, 5.41) is 2.74. The van der Waals surface area contributed by atoms with Crippen LogP contribution in [0.25, 0.3) is 0 Å². The van der Waals surface area contributed by atoms with Crippen molar-refractivity contribution >= 4 is 23.6 Å². The molecule has 0 aromatic carbocycles. The first kappa shape index (κ1) is 12.7. The van der Waals surface area contributed by atoms with Crippen molar-refractivity contribution in [3.05, 3.63) is 0 Å². The Morgan fingerprint density at radius 3 is 2.65 bits per heavy atom. The number of nitrogens with one attached hydrogen (secondary N) is 1. The summed E-state index contributed by atoms with van der Waals surface area (Å²) in [6, 6.07) is 0. The average molecular weight is 256 g/mol. The van der Waals surface area contributed by atoms with E-state index in [9.17, 15) is 9.59 Å². The number of carbonyl (C=O) groups excluding carboxylic acids is 2. The Morgan fingerprint density at radius 2 is 2.00 bits per heavy atom. The molecule has 2 fully saturated rings. The van der Waals surface area contributed by atoms with E-state index in [4.69, 9.17) is 0 Å². The van der Waals surface area contributed by atoms with Gasteiger partial charge in [-0.1, -0.05) is 0 Å². The van der Waals surface area contributed by atoms with Crippen molar-refractivity contribution in [2.75, 3.05) is 24.6 Å². The van der Waals surface area contributed by atoms with Crippen LogP contribution in [0.2, 0.25) is 0 Å². The minimum atomic E-state index is -0.737. The first-order valence-corrected chi connectivity index (χ1v) is 7.32. The highest BCUT2D eigenvalue weighted by molar-refractivity contribution is 7.99. The summed E-state index contributed by atoms with van der Waals surface area (Å²) < 4.78 is 0. The monoisotopic (exact) mass is 256 g/mol. The Morgan fingerprint density at radius 1 is 1.35 bits per heavy atom. The van der Waals surface area contributed by atoms with E-state index >= 15 is 0 Å². The van der Waals surface area contributed by atoms with Gasteiger partial charge < -0.3 is 10.2 Å². The van der Waals surface area contributed by atoms with E-state index in [-0.39, 0.29) is 18.4 Å². The zero-order chi connectivity index (χ0) is 12.5. The minimum absolute atomic E-state index is 0.0419. The molecule has 17 heavy (non-hydrogen) atoms. The van der Waals surface area contributed by atoms with Crippen molar-refractivity contribution in [3.8, 4) is 0 Å². The van der Waals surface area contributed by atoms with E-state index in [0.29, 0.717) is 5.92 Å². The molecule has 2 amide bonds. The second kappa shape index (κ2) is 4.88. The standard InChI is InChI=1S/C12H20N2O2S/c1-12(2)11(16)14(8-10(15)13-12)7-9-3-5-17-6-4-9/h9H,3-8H2,1-2H3,(H,13,15). The lowest BCUT2D eigenvalue weighted by molar-refractivity contribution is -0.149. The topological polar surface area (TPSA) is 49.4 Å². The van der Waals surface area contributed by atoms with E-state index < -0.39 is 5.54 Å². The molecule has 2 rings (SSSR count). The molecule has 2 aliphatic rings. The van der Waals surface area contributed by atoms with Crippen LogP contribution in [0.3, 0.4) is 0 Å². The van der Waals surface area contributed by atoms with E-state index in [1.54, 1.807) is 18.7 Å². The second-order valence-corrected chi connectivity index (χ2v) is 6.64. The summed E-state index contributed by atoms with van der Waals surface area (Å²) in [5.74, 6) is 2.95. The predicted octanol–water partition coefficient (Wildman–Crippen LogP) is 0.867. The highest BCUT2D eigenvalue weighted by atomic mass is 32.2. The van der Waals surface area contributed by atoms with Crippen LogP contribution in [0.4, 0.5) is 0 Å². The normalized spacial score (nSPS) is 25.9. The number of carbonyl (C=O) groups is 2. The average Bonchev–Trinajstić information content (AvgIpc) is 2.26. The summed E-state index contributed by atoms with van der Waals surface area (Å²) in [7, 11) is 0. The van der Waals surface area contributed by atoms with Gasteiger partial charge in [-0.2, -0.15) is 11.8 Å². The zero-order valence-corrected chi connectivity index (χ0v) is 11.3. The number of hydrogen-bond donors (Lipinski definition) is 1. The molecule has 0 aromatic rings. The van der Waals surface area contributed by atoms with Crippen molar-refractivity contribution in [3.63, 3.8) is 0 Å². The molecule has 0 saturated carbocycles. The Kier molecular flexibility index (Phi) is 3.66. The maximum absolute atomic E-state index is 12.2. The number of hydrogen-bond acceptors (Lipinski definition) is 3. The molecule has 0 bridgehead atoms. The van der Waals surface area contributed by atoms with Crippen molar-refractivity contribution in [1.29, 1.82) is 0 Å². The molecule has 96 valence electrons. The third-order valence-corrected chi connectivity index (χ3v) is 4.48. The van der Waals surface area contributed by atoms with Gasteiger partial charge in [0, 0.05) is 6.54 Å². The highest BCUT2D eigenvalue weighted by Gasteiger charge is 2.39. The van der Waals surface area contributed by atoms with Crippen LogP contribution in [-0.2, 0) is 9.59 Å². The van der Waals surface area contributed by atoms with Crippen LogP contribution in [0, 0.1) is 5.92 Å². The fourth-order valence-electron chi connectivity index (χ4n) is 2.47. The van der Waals surface area contributed by atoms with Crippen molar-refractivity contribution in [1.82, 2.24) is 10.2 Å². The van der Waals surface area contributed by atoms with Crippen molar-refractivity contribution < 1.29 is 9.59 Å². The van der Waals surface area contributed by atoms with Gasteiger partial charge in [-0.15, -0.1) is 0 Å². The van der Waals surface area contributed by atoms with Crippen LogP contribution in [0.5, 0.6) is 0 Å². The van der Waals surface area contributed by atoms with Crippen LogP contribution >= 0.6 is 11.8 Å². The number of nitrogens with zero attached hydrogens (tertiary/aromatic N) is 1. The Balaban J connectivity index is 1.98. The van der Waals surface area contributed by atoms with Crippen LogP contribution in [0.15, 0.2) is 0 Å². The number of amides is 2. The second-order valence-electron chi connectivity index (χ2n) is 5.41. The zero-order valence-electron chi connectivity index (χ0n) is 10.5. The quantitative estimate of drug-likeness (QED) is 0.797. The van der Waals surface area contributed by atoms with Gasteiger partial charge in [-0.3, -0.25) is 9.59 Å². The Hall–Kier alpha value is -0.710. The molecule has 0 aliphatic carbocycles. The van der Waals surface area contributed by atoms with Gasteiger partial charge in [0.15, 0.2) is 0 Å². The molecule has 4 nitrogen and oxygen atoms in total. The maximum atomic E-state index is 12.2. The van der Waals surface area contributed by atoms with E-state index in [1.807, 2.05) is 11.8 Å². The molecule has 2 saturated heterocycles. The fraction of sp³-hybridized carbons (Fsp3) is 0.833. The lowest BCUT2D eigenvalue weighted by Gasteiger charge is -2.39. The summed E-state index contributed by atoms with van der Waals surface area (Å²) >= 11 is 1.98. The van der Waals surface area contributed by atoms with Gasteiger partial charge in [0.1, 0.15) is 5.54 Å². The lowest BCUT2D eigenvalue weighted by Crippen LogP contribution is -2.64. The molecule has 5 heteroatoms.